The van der Waals surface area contributed by atoms with E-state index < -0.39 is 5.41 Å². The molecule has 0 aliphatic heterocycles. The number of hydrogen-bond donors (Lipinski definition) is 0. The fourth-order valence-corrected chi connectivity index (χ4v) is 6.88. The van der Waals surface area contributed by atoms with Gasteiger partial charge in [-0.1, -0.05) is 193 Å². The van der Waals surface area contributed by atoms with E-state index in [2.05, 4.69) is 65.0 Å². The van der Waals surface area contributed by atoms with Gasteiger partial charge in [0, 0.05) is 0 Å². The van der Waals surface area contributed by atoms with Crippen molar-refractivity contribution in [3.63, 3.8) is 0 Å². The average molecular weight is 585 g/mol. The topological polar surface area (TPSA) is 26.3 Å². The van der Waals surface area contributed by atoms with Crippen LogP contribution in [0, 0.1) is 11.8 Å². The van der Waals surface area contributed by atoms with E-state index in [0.717, 1.165) is 44.9 Å². The molecule has 2 heteroatoms. The monoisotopic (exact) mass is 585 g/mol. The summed E-state index contributed by atoms with van der Waals surface area (Å²) in [5.74, 6) is 0.888. The highest BCUT2D eigenvalue weighted by Gasteiger charge is 2.47. The highest BCUT2D eigenvalue weighted by atomic mass is 16.5. The van der Waals surface area contributed by atoms with E-state index in [9.17, 15) is 4.79 Å². The number of ether oxygens (including phenoxy) is 1. The van der Waals surface area contributed by atoms with Gasteiger partial charge in [-0.25, -0.2) is 0 Å². The molecule has 0 spiro atoms. The maximum absolute atomic E-state index is 14.4. The average Bonchev–Trinajstić information content (AvgIpc) is 3.02. The molecule has 3 atom stereocenters. The lowest BCUT2D eigenvalue weighted by molar-refractivity contribution is -0.156. The van der Waals surface area contributed by atoms with Crippen LogP contribution in [0.1, 0.15) is 194 Å². The lowest BCUT2D eigenvalue weighted by Crippen LogP contribution is -2.45. The van der Waals surface area contributed by atoms with Gasteiger partial charge in [-0.3, -0.25) is 4.79 Å². The summed E-state index contributed by atoms with van der Waals surface area (Å²) in [6, 6.07) is 10.8. The molecule has 0 saturated carbocycles. The van der Waals surface area contributed by atoms with Crippen LogP contribution < -0.4 is 0 Å². The minimum absolute atomic E-state index is 0.0629. The van der Waals surface area contributed by atoms with Crippen molar-refractivity contribution in [3.05, 3.63) is 35.9 Å². The maximum atomic E-state index is 14.4. The third kappa shape index (κ3) is 15.4. The van der Waals surface area contributed by atoms with Crippen molar-refractivity contribution in [1.29, 1.82) is 0 Å². The fourth-order valence-electron chi connectivity index (χ4n) is 6.88. The molecule has 0 saturated heterocycles. The lowest BCUT2D eigenvalue weighted by Gasteiger charge is -2.40. The van der Waals surface area contributed by atoms with Crippen LogP contribution in [-0.4, -0.2) is 12.6 Å². The quantitative estimate of drug-likeness (QED) is 0.0691. The van der Waals surface area contributed by atoms with Gasteiger partial charge in [-0.15, -0.1) is 0 Å². The van der Waals surface area contributed by atoms with Crippen molar-refractivity contribution in [3.8, 4) is 0 Å². The number of carbonyl (C=O) groups excluding carboxylic acids is 1. The van der Waals surface area contributed by atoms with E-state index in [1.807, 2.05) is 0 Å². The standard InChI is InChI=1S/C40H72O2/c1-6-11-15-16-17-18-19-20-21-22-23-24-26-31-37(30-13-8-3)40(34-14-9-4,38-32-27-25-28-33-38)39(41)42-35-36(10-5)29-12-7-2/h25,27-28,32-33,36-37H,6-24,26,29-31,34-35H2,1-5H3. The fraction of sp³-hybridized carbons (Fsp3) is 0.825. The molecular formula is C40H72O2. The molecule has 0 fully saturated rings. The Hall–Kier alpha value is -1.31. The summed E-state index contributed by atoms with van der Waals surface area (Å²) >= 11 is 0. The van der Waals surface area contributed by atoms with E-state index in [1.165, 1.54) is 115 Å². The molecule has 3 unspecified atom stereocenters. The zero-order valence-corrected chi connectivity index (χ0v) is 29.0. The summed E-state index contributed by atoms with van der Waals surface area (Å²) in [6.07, 6.45) is 30.3. The zero-order chi connectivity index (χ0) is 30.7. The molecule has 0 N–H and O–H groups in total. The number of carbonyl (C=O) groups is 1. The Morgan fingerprint density at radius 1 is 0.595 bits per heavy atom. The van der Waals surface area contributed by atoms with Crippen LogP contribution in [0.2, 0.25) is 0 Å². The first-order valence-corrected chi connectivity index (χ1v) is 18.8. The first-order chi connectivity index (χ1) is 20.6. The van der Waals surface area contributed by atoms with E-state index in [-0.39, 0.29) is 5.97 Å². The van der Waals surface area contributed by atoms with Crippen molar-refractivity contribution >= 4 is 5.97 Å². The number of esters is 1. The Kier molecular flexibility index (Phi) is 24.1. The smallest absolute Gasteiger partial charge is 0.316 e. The second-order valence-electron chi connectivity index (χ2n) is 13.3. The highest BCUT2D eigenvalue weighted by Crippen LogP contribution is 2.44. The summed E-state index contributed by atoms with van der Waals surface area (Å²) in [5.41, 5.74) is 0.674. The molecule has 1 aromatic rings. The minimum Gasteiger partial charge on any atom is -0.465 e. The summed E-state index contributed by atoms with van der Waals surface area (Å²) in [5, 5.41) is 0. The van der Waals surface area contributed by atoms with E-state index in [1.54, 1.807) is 0 Å². The highest BCUT2D eigenvalue weighted by molar-refractivity contribution is 5.83. The molecule has 0 aliphatic carbocycles. The largest absolute Gasteiger partial charge is 0.465 e. The Bertz CT molecular complexity index is 728. The normalized spacial score (nSPS) is 14.4. The van der Waals surface area contributed by atoms with Crippen LogP contribution in [0.25, 0.3) is 0 Å². The third-order valence-electron chi connectivity index (χ3n) is 9.83. The molecule has 42 heavy (non-hydrogen) atoms. The van der Waals surface area contributed by atoms with Crippen LogP contribution in [0.4, 0.5) is 0 Å². The van der Waals surface area contributed by atoms with E-state index >= 15 is 0 Å². The van der Waals surface area contributed by atoms with Crippen LogP contribution in [0.15, 0.2) is 30.3 Å². The number of hydrogen-bond acceptors (Lipinski definition) is 2. The molecule has 0 heterocycles. The molecule has 1 aromatic carbocycles. The van der Waals surface area contributed by atoms with Gasteiger partial charge >= 0.3 is 5.97 Å². The molecule has 1 rings (SSSR count). The molecule has 0 aromatic heterocycles. The van der Waals surface area contributed by atoms with Gasteiger partial charge in [0.15, 0.2) is 0 Å². The number of rotatable bonds is 29. The van der Waals surface area contributed by atoms with Crippen molar-refractivity contribution in [2.45, 2.75) is 194 Å². The van der Waals surface area contributed by atoms with Gasteiger partial charge in [0.2, 0.25) is 0 Å². The molecule has 0 amide bonds. The van der Waals surface area contributed by atoms with E-state index in [4.69, 9.17) is 4.74 Å². The number of benzene rings is 1. The van der Waals surface area contributed by atoms with Crippen molar-refractivity contribution in [2.75, 3.05) is 6.61 Å². The molecule has 2 nitrogen and oxygen atoms in total. The van der Waals surface area contributed by atoms with Crippen molar-refractivity contribution in [1.82, 2.24) is 0 Å². The van der Waals surface area contributed by atoms with Crippen molar-refractivity contribution < 1.29 is 9.53 Å². The number of unbranched alkanes of at least 4 members (excludes halogenated alkanes) is 15. The summed E-state index contributed by atoms with van der Waals surface area (Å²) < 4.78 is 6.35. The van der Waals surface area contributed by atoms with Crippen LogP contribution in [-0.2, 0) is 14.9 Å². The minimum atomic E-state index is -0.521. The van der Waals surface area contributed by atoms with Gasteiger partial charge in [0.25, 0.3) is 0 Å². The Morgan fingerprint density at radius 2 is 1.07 bits per heavy atom. The Balaban J connectivity index is 2.86. The Labute approximate surface area is 263 Å². The van der Waals surface area contributed by atoms with Gasteiger partial charge in [-0.05, 0) is 43.1 Å². The summed E-state index contributed by atoms with van der Waals surface area (Å²) in [4.78, 5) is 14.4. The second-order valence-corrected chi connectivity index (χ2v) is 13.3. The summed E-state index contributed by atoms with van der Waals surface area (Å²) in [6.45, 7) is 11.9. The van der Waals surface area contributed by atoms with Gasteiger partial charge < -0.3 is 4.74 Å². The molecule has 244 valence electrons. The maximum Gasteiger partial charge on any atom is 0.316 e. The van der Waals surface area contributed by atoms with Crippen molar-refractivity contribution in [2.24, 2.45) is 11.8 Å². The van der Waals surface area contributed by atoms with Crippen LogP contribution in [0.3, 0.4) is 0 Å². The van der Waals surface area contributed by atoms with Gasteiger partial charge in [0.1, 0.15) is 0 Å². The third-order valence-corrected chi connectivity index (χ3v) is 9.83. The van der Waals surface area contributed by atoms with Crippen LogP contribution in [0.5, 0.6) is 0 Å². The molecule has 0 radical (unpaired) electrons. The van der Waals surface area contributed by atoms with Crippen LogP contribution >= 0.6 is 0 Å². The predicted octanol–water partition coefficient (Wildman–Crippen LogP) is 13.2. The SMILES string of the molecule is CCCCCCCCCCCCCCCC(CCCC)C(CCCC)(C(=O)OCC(CC)CCCC)c1ccccc1. The first-order valence-electron chi connectivity index (χ1n) is 18.8. The predicted molar refractivity (Wildman–Crippen MR) is 185 cm³/mol. The Morgan fingerprint density at radius 3 is 1.60 bits per heavy atom. The van der Waals surface area contributed by atoms with E-state index in [0.29, 0.717) is 18.4 Å². The lowest BCUT2D eigenvalue weighted by atomic mass is 9.64. The zero-order valence-electron chi connectivity index (χ0n) is 29.0. The van der Waals surface area contributed by atoms with Gasteiger partial charge in [0.05, 0.1) is 12.0 Å². The molecular weight excluding hydrogens is 512 g/mol. The molecule has 0 bridgehead atoms. The molecule has 0 aliphatic rings. The summed E-state index contributed by atoms with van der Waals surface area (Å²) in [7, 11) is 0. The van der Waals surface area contributed by atoms with Gasteiger partial charge in [-0.2, -0.15) is 0 Å². The first kappa shape index (κ1) is 38.7. The second kappa shape index (κ2) is 26.1.